The van der Waals surface area contributed by atoms with Crippen molar-refractivity contribution in [2.24, 2.45) is 5.92 Å². The summed E-state index contributed by atoms with van der Waals surface area (Å²) in [7, 11) is -0.461. The lowest BCUT2D eigenvalue weighted by atomic mass is 10.2. The molecule has 0 heterocycles. The third-order valence-electron chi connectivity index (χ3n) is 2.57. The van der Waals surface area contributed by atoms with Crippen LogP contribution in [-0.2, 0) is 10.2 Å². The van der Waals surface area contributed by atoms with Crippen molar-refractivity contribution in [1.29, 1.82) is 0 Å². The van der Waals surface area contributed by atoms with E-state index >= 15 is 0 Å². The molecule has 0 fully saturated rings. The first-order valence-electron chi connectivity index (χ1n) is 5.36. The Hall–Kier alpha value is -0.0962. The van der Waals surface area contributed by atoms with Crippen molar-refractivity contribution in [3.63, 3.8) is 0 Å². The molecular weight excluding hydrogens is 240 g/mol. The van der Waals surface area contributed by atoms with E-state index in [0.717, 1.165) is 16.5 Å². The Kier molecular flexibility index (Phi) is 5.60. The highest BCUT2D eigenvalue weighted by molar-refractivity contribution is 6.66. The molecule has 84 valence electrons. The monoisotopic (exact) mass is 258 g/mol. The minimum atomic E-state index is -1.26. The predicted octanol–water partition coefficient (Wildman–Crippen LogP) is 1.59. The molecule has 1 aromatic carbocycles. The zero-order valence-electron chi connectivity index (χ0n) is 9.61. The quantitative estimate of drug-likeness (QED) is 0.576. The van der Waals surface area contributed by atoms with E-state index < -0.39 is 9.04 Å². The summed E-state index contributed by atoms with van der Waals surface area (Å²) in [6, 6.07) is 11.6. The van der Waals surface area contributed by atoms with Gasteiger partial charge in [-0.15, -0.1) is 11.6 Å². The highest BCUT2D eigenvalue weighted by Gasteiger charge is 2.24. The minimum absolute atomic E-state index is 0.239. The number of hydrogen-bond acceptors (Lipinski definition) is 1. The molecular formula is C11H19ClOSi2. The molecule has 2 unspecified atom stereocenters. The third kappa shape index (κ3) is 4.11. The van der Waals surface area contributed by atoms with Crippen LogP contribution in [0.1, 0.15) is 19.4 Å². The summed E-state index contributed by atoms with van der Waals surface area (Å²) in [5.74, 6) is 0.515. The van der Waals surface area contributed by atoms with Gasteiger partial charge in [-0.1, -0.05) is 44.2 Å². The molecule has 0 saturated carbocycles. The fourth-order valence-electron chi connectivity index (χ4n) is 1.60. The molecule has 0 aliphatic heterocycles. The lowest BCUT2D eigenvalue weighted by molar-refractivity contribution is 0.577. The second-order valence-electron chi connectivity index (χ2n) is 4.15. The molecule has 1 nitrogen and oxygen atoms in total. The van der Waals surface area contributed by atoms with Crippen LogP contribution in [-0.4, -0.2) is 24.5 Å². The topological polar surface area (TPSA) is 9.23 Å². The highest BCUT2D eigenvalue weighted by Crippen LogP contribution is 2.16. The van der Waals surface area contributed by atoms with Crippen molar-refractivity contribution >= 4 is 31.1 Å². The van der Waals surface area contributed by atoms with Crippen LogP contribution < -0.4 is 0 Å². The maximum absolute atomic E-state index is 6.39. The van der Waals surface area contributed by atoms with Crippen LogP contribution in [0.4, 0.5) is 0 Å². The summed E-state index contributed by atoms with van der Waals surface area (Å²) < 4.78 is 5.72. The van der Waals surface area contributed by atoms with E-state index in [1.807, 2.05) is 6.07 Å². The van der Waals surface area contributed by atoms with Gasteiger partial charge in [-0.05, 0) is 17.5 Å². The van der Waals surface area contributed by atoms with Crippen molar-refractivity contribution in [2.45, 2.75) is 24.9 Å². The van der Waals surface area contributed by atoms with Crippen molar-refractivity contribution in [3.05, 3.63) is 35.9 Å². The van der Waals surface area contributed by atoms with E-state index in [0.29, 0.717) is 5.92 Å². The molecule has 0 amide bonds. The summed E-state index contributed by atoms with van der Waals surface area (Å²) in [5.41, 5.74) is 1.36. The highest BCUT2D eigenvalue weighted by atomic mass is 35.5. The van der Waals surface area contributed by atoms with Gasteiger partial charge in [-0.3, -0.25) is 0 Å². The predicted molar refractivity (Wildman–Crippen MR) is 72.8 cm³/mol. The van der Waals surface area contributed by atoms with Crippen LogP contribution in [0.3, 0.4) is 0 Å². The van der Waals surface area contributed by atoms with Crippen molar-refractivity contribution < 1.29 is 4.12 Å². The normalized spacial score (nSPS) is 15.5. The van der Waals surface area contributed by atoms with E-state index in [9.17, 15) is 0 Å². The summed E-state index contributed by atoms with van der Waals surface area (Å²) in [6.07, 6.45) is 0. The average Bonchev–Trinajstić information content (AvgIpc) is 2.26. The molecule has 0 aliphatic carbocycles. The summed E-state index contributed by atoms with van der Waals surface area (Å²) in [4.78, 5) is 0. The zero-order valence-corrected chi connectivity index (χ0v) is 13.5. The van der Waals surface area contributed by atoms with Crippen LogP contribution in [0.2, 0.25) is 0 Å². The summed E-state index contributed by atoms with van der Waals surface area (Å²) >= 11 is 6.39. The molecule has 0 radical (unpaired) electrons. The maximum atomic E-state index is 6.39. The summed E-state index contributed by atoms with van der Waals surface area (Å²) in [5, 5.41) is 0.239. The van der Waals surface area contributed by atoms with Gasteiger partial charge in [0, 0.05) is 0 Å². The van der Waals surface area contributed by atoms with Gasteiger partial charge < -0.3 is 4.12 Å². The first kappa shape index (κ1) is 13.0. The van der Waals surface area contributed by atoms with Gasteiger partial charge in [-0.2, -0.15) is 0 Å². The van der Waals surface area contributed by atoms with Gasteiger partial charge in [0.15, 0.2) is 9.04 Å². The van der Waals surface area contributed by atoms with Crippen LogP contribution in [0.25, 0.3) is 0 Å². The Morgan fingerprint density at radius 2 is 1.93 bits per heavy atom. The first-order valence-corrected chi connectivity index (χ1v) is 8.56. The molecule has 2 atom stereocenters. The Labute approximate surface area is 102 Å². The first-order chi connectivity index (χ1) is 7.15. The number of hydrogen-bond donors (Lipinski definition) is 0. The Balaban J connectivity index is 2.62. The van der Waals surface area contributed by atoms with Crippen LogP contribution in [0.5, 0.6) is 0 Å². The van der Waals surface area contributed by atoms with Crippen molar-refractivity contribution in [2.75, 3.05) is 0 Å². The van der Waals surface area contributed by atoms with Gasteiger partial charge in [-0.25, -0.2) is 0 Å². The molecule has 0 saturated heterocycles. The number of benzene rings is 1. The van der Waals surface area contributed by atoms with Gasteiger partial charge in [0.1, 0.15) is 10.5 Å². The molecule has 0 bridgehead atoms. The molecule has 0 aromatic heterocycles. The van der Waals surface area contributed by atoms with E-state index in [4.69, 9.17) is 15.7 Å². The molecule has 0 aliphatic rings. The molecule has 0 N–H and O–H groups in total. The van der Waals surface area contributed by atoms with E-state index in [1.54, 1.807) is 0 Å². The van der Waals surface area contributed by atoms with Crippen LogP contribution in [0.15, 0.2) is 30.3 Å². The largest absolute Gasteiger partial charge is 0.464 e. The minimum Gasteiger partial charge on any atom is -0.464 e. The Bertz CT molecular complexity index is 279. The lowest BCUT2D eigenvalue weighted by Crippen LogP contribution is -2.35. The van der Waals surface area contributed by atoms with Gasteiger partial charge in [0.25, 0.3) is 0 Å². The lowest BCUT2D eigenvalue weighted by Gasteiger charge is -2.22. The van der Waals surface area contributed by atoms with Crippen molar-refractivity contribution in [3.8, 4) is 0 Å². The van der Waals surface area contributed by atoms with Crippen LogP contribution >= 0.6 is 11.6 Å². The van der Waals surface area contributed by atoms with Gasteiger partial charge >= 0.3 is 0 Å². The van der Waals surface area contributed by atoms with Gasteiger partial charge in [0.2, 0.25) is 0 Å². The fraction of sp³-hybridized carbons (Fsp3) is 0.455. The number of alkyl halides is 1. The molecule has 1 aromatic rings. The second-order valence-corrected chi connectivity index (χ2v) is 9.17. The average molecular weight is 259 g/mol. The van der Waals surface area contributed by atoms with E-state index in [-0.39, 0.29) is 5.00 Å². The van der Waals surface area contributed by atoms with E-state index in [2.05, 4.69) is 38.1 Å². The van der Waals surface area contributed by atoms with Crippen molar-refractivity contribution in [1.82, 2.24) is 0 Å². The summed E-state index contributed by atoms with van der Waals surface area (Å²) in [6.45, 7) is 4.34. The van der Waals surface area contributed by atoms with Crippen LogP contribution in [0, 0.1) is 5.92 Å². The Morgan fingerprint density at radius 3 is 2.40 bits per heavy atom. The standard InChI is InChI=1S/C11H19ClOSi2/c1-9(2)11(12)15(13-14)8-10-6-4-3-5-7-10/h3-7,9,11,15H,8H2,1-2,14H3. The third-order valence-corrected chi connectivity index (χ3v) is 8.70. The van der Waals surface area contributed by atoms with E-state index in [1.165, 1.54) is 5.56 Å². The molecule has 15 heavy (non-hydrogen) atoms. The smallest absolute Gasteiger partial charge is 0.185 e. The molecule has 0 spiro atoms. The number of rotatable bonds is 5. The second kappa shape index (κ2) is 6.48. The SMILES string of the molecule is CC(C)C(Cl)[SiH](Cc1ccccc1)O[SiH3]. The molecule has 1 rings (SSSR count). The molecule has 4 heteroatoms. The Morgan fingerprint density at radius 1 is 1.33 bits per heavy atom. The zero-order chi connectivity index (χ0) is 11.3. The maximum Gasteiger partial charge on any atom is 0.185 e. The number of halogens is 1. The fourth-order valence-corrected chi connectivity index (χ4v) is 6.32. The van der Waals surface area contributed by atoms with Gasteiger partial charge in [0.05, 0.1) is 5.00 Å².